The average molecular weight is 224 g/mol. The number of benzene rings is 1. The first kappa shape index (κ1) is 9.43. The Morgan fingerprint density at radius 2 is 1.79 bits per heavy atom. The maximum atomic E-state index is 10.9. The summed E-state index contributed by atoms with van der Waals surface area (Å²) in [4.78, 5) is 0.874. The second-order valence-electron chi connectivity index (χ2n) is 2.73. The van der Waals surface area contributed by atoms with Crippen molar-refractivity contribution in [1.82, 2.24) is 0 Å². The van der Waals surface area contributed by atoms with Crippen molar-refractivity contribution in [2.24, 2.45) is 0 Å². The highest BCUT2D eigenvalue weighted by molar-refractivity contribution is 8.40. The molecule has 0 aromatic heterocycles. The van der Waals surface area contributed by atoms with Crippen LogP contribution in [0, 0.1) is 0 Å². The molecule has 14 heavy (non-hydrogen) atoms. The molecule has 0 amide bonds. The molecule has 1 aromatic rings. The number of hydrogen-bond donors (Lipinski definition) is 0. The lowest BCUT2D eigenvalue weighted by molar-refractivity contribution is 0.628. The van der Waals surface area contributed by atoms with Crippen LogP contribution in [-0.2, 0) is 18.7 Å². The predicted octanol–water partition coefficient (Wildman–Crippen LogP) is 1.97. The molecule has 2 nitrogen and oxygen atoms in total. The summed E-state index contributed by atoms with van der Waals surface area (Å²) < 4.78 is 21.8. The van der Waals surface area contributed by atoms with Crippen LogP contribution in [0.15, 0.2) is 47.9 Å². The van der Waals surface area contributed by atoms with E-state index in [-0.39, 0.29) is 0 Å². The van der Waals surface area contributed by atoms with Crippen molar-refractivity contribution >= 4 is 23.6 Å². The van der Waals surface area contributed by atoms with E-state index in [0.717, 1.165) is 10.5 Å². The summed E-state index contributed by atoms with van der Waals surface area (Å²) in [5.41, 5.74) is 0.977. The molecule has 0 fully saturated rings. The Kier molecular flexibility index (Phi) is 2.65. The van der Waals surface area contributed by atoms with E-state index < -0.39 is 18.7 Å². The molecule has 0 spiro atoms. The van der Waals surface area contributed by atoms with Crippen LogP contribution < -0.4 is 0 Å². The molecule has 1 unspecified atom stereocenters. The third kappa shape index (κ3) is 1.71. The summed E-state index contributed by atoms with van der Waals surface area (Å²) in [6.07, 6.45) is 3.65. The van der Waals surface area contributed by atoms with Gasteiger partial charge >= 0.3 is 0 Å². The van der Waals surface area contributed by atoms with Crippen LogP contribution in [0.5, 0.6) is 0 Å². The van der Waals surface area contributed by atoms with Crippen LogP contribution in [0.3, 0.4) is 0 Å². The third-order valence-corrected chi connectivity index (χ3v) is 5.13. The van der Waals surface area contributed by atoms with Gasteiger partial charge in [0.15, 0.2) is 0 Å². The molecule has 0 radical (unpaired) electrons. The first-order valence-corrected chi connectivity index (χ1v) is 6.94. The fourth-order valence-electron chi connectivity index (χ4n) is 1.27. The fourth-order valence-corrected chi connectivity index (χ4v) is 3.82. The largest absolute Gasteiger partial charge is 0.249 e. The van der Waals surface area contributed by atoms with Crippen LogP contribution >= 0.6 is 0 Å². The van der Waals surface area contributed by atoms with Gasteiger partial charge in [-0.3, -0.25) is 0 Å². The number of allylic oxidation sites excluding steroid dienone is 2. The van der Waals surface area contributed by atoms with Crippen LogP contribution in [0.1, 0.15) is 5.56 Å². The molecule has 0 N–H and O–H groups in total. The van der Waals surface area contributed by atoms with Crippen LogP contribution in [0.4, 0.5) is 0 Å². The second kappa shape index (κ2) is 3.94. The molecule has 0 saturated carbocycles. The van der Waals surface area contributed by atoms with E-state index in [9.17, 15) is 8.42 Å². The Labute approximate surface area is 85.7 Å². The minimum Gasteiger partial charge on any atom is -0.177 e. The van der Waals surface area contributed by atoms with E-state index in [1.54, 1.807) is 11.5 Å². The van der Waals surface area contributed by atoms with Gasteiger partial charge in [-0.1, -0.05) is 36.4 Å². The maximum Gasteiger partial charge on any atom is 0.249 e. The SMILES string of the molecule is O=S(=O)=S1C=CC=C1c1ccccc1. The molecule has 1 atom stereocenters. The van der Waals surface area contributed by atoms with Crippen molar-refractivity contribution in [3.8, 4) is 0 Å². The van der Waals surface area contributed by atoms with Gasteiger partial charge in [-0.2, -0.15) is 8.42 Å². The molecule has 0 aliphatic carbocycles. The number of hydrogen-bond acceptors (Lipinski definition) is 2. The molecular formula is C10H8O2S2. The third-order valence-electron chi connectivity index (χ3n) is 1.87. The first-order valence-electron chi connectivity index (χ1n) is 4.06. The van der Waals surface area contributed by atoms with Gasteiger partial charge in [-0.05, 0) is 26.5 Å². The van der Waals surface area contributed by atoms with Crippen molar-refractivity contribution in [1.29, 1.82) is 0 Å². The lowest BCUT2D eigenvalue weighted by atomic mass is 10.2. The molecule has 1 aliphatic rings. The quantitative estimate of drug-likeness (QED) is 0.731. The van der Waals surface area contributed by atoms with E-state index in [2.05, 4.69) is 0 Å². The van der Waals surface area contributed by atoms with Crippen molar-refractivity contribution in [2.75, 3.05) is 0 Å². The summed E-state index contributed by atoms with van der Waals surface area (Å²) in [6.45, 7) is 0. The zero-order chi connectivity index (χ0) is 9.97. The van der Waals surface area contributed by atoms with E-state index in [1.807, 2.05) is 36.4 Å². The fraction of sp³-hybridized carbons (Fsp3) is 0. The standard InChI is InChI=1S/C10H8O2S2/c11-14(12)13-8-4-7-10(13)9-5-2-1-3-6-9/h1-8H. The number of rotatable bonds is 1. The highest BCUT2D eigenvalue weighted by atomic mass is 32.9. The topological polar surface area (TPSA) is 34.1 Å². The minimum absolute atomic E-state index is 0.771. The van der Waals surface area contributed by atoms with Crippen LogP contribution in [0.25, 0.3) is 4.91 Å². The Hall–Kier alpha value is -1.13. The van der Waals surface area contributed by atoms with Gasteiger partial charge in [0.1, 0.15) is 0 Å². The van der Waals surface area contributed by atoms with Gasteiger partial charge in [0.2, 0.25) is 9.26 Å². The predicted molar refractivity (Wildman–Crippen MR) is 59.8 cm³/mol. The Balaban J connectivity index is 2.55. The maximum absolute atomic E-state index is 10.9. The summed E-state index contributed by atoms with van der Waals surface area (Å²) >= 11 is 0. The molecule has 1 aromatic carbocycles. The van der Waals surface area contributed by atoms with Crippen molar-refractivity contribution < 1.29 is 8.42 Å². The van der Waals surface area contributed by atoms with Gasteiger partial charge in [0, 0.05) is 4.91 Å². The highest BCUT2D eigenvalue weighted by Gasteiger charge is 2.09. The molecule has 0 saturated heterocycles. The molecule has 72 valence electrons. The molecule has 2 rings (SSSR count). The zero-order valence-corrected chi connectivity index (χ0v) is 8.88. The van der Waals surface area contributed by atoms with Crippen LogP contribution in [-0.4, -0.2) is 8.42 Å². The Morgan fingerprint density at radius 3 is 2.43 bits per heavy atom. The monoisotopic (exact) mass is 224 g/mol. The molecular weight excluding hydrogens is 216 g/mol. The second-order valence-corrected chi connectivity index (χ2v) is 6.34. The van der Waals surface area contributed by atoms with Gasteiger partial charge in [0.25, 0.3) is 0 Å². The summed E-state index contributed by atoms with van der Waals surface area (Å²) in [5.74, 6) is 0. The lowest BCUT2D eigenvalue weighted by Crippen LogP contribution is -1.88. The molecule has 0 bridgehead atoms. The average Bonchev–Trinajstić information content (AvgIpc) is 2.67. The first-order chi connectivity index (χ1) is 6.79. The Morgan fingerprint density at radius 1 is 1.07 bits per heavy atom. The van der Waals surface area contributed by atoms with Crippen molar-refractivity contribution in [3.63, 3.8) is 0 Å². The smallest absolute Gasteiger partial charge is 0.177 e. The molecule has 1 heterocycles. The van der Waals surface area contributed by atoms with E-state index in [4.69, 9.17) is 0 Å². The highest BCUT2D eigenvalue weighted by Crippen LogP contribution is 2.24. The van der Waals surface area contributed by atoms with Gasteiger partial charge in [-0.25, -0.2) is 0 Å². The lowest BCUT2D eigenvalue weighted by Gasteiger charge is -2.01. The normalized spacial score (nSPS) is 19.4. The summed E-state index contributed by atoms with van der Waals surface area (Å²) in [6, 6.07) is 9.57. The Bertz CT molecular complexity index is 529. The summed E-state index contributed by atoms with van der Waals surface area (Å²) in [5, 5.41) is 1.71. The van der Waals surface area contributed by atoms with Gasteiger partial charge < -0.3 is 0 Å². The van der Waals surface area contributed by atoms with Crippen molar-refractivity contribution in [2.45, 2.75) is 0 Å². The van der Waals surface area contributed by atoms with E-state index in [1.165, 1.54) is 0 Å². The zero-order valence-electron chi connectivity index (χ0n) is 7.25. The van der Waals surface area contributed by atoms with Crippen LogP contribution in [0.2, 0.25) is 0 Å². The van der Waals surface area contributed by atoms with Gasteiger partial charge in [-0.15, -0.1) is 0 Å². The van der Waals surface area contributed by atoms with E-state index in [0.29, 0.717) is 0 Å². The summed E-state index contributed by atoms with van der Waals surface area (Å²) in [7, 11) is -2.82. The van der Waals surface area contributed by atoms with E-state index >= 15 is 0 Å². The van der Waals surface area contributed by atoms with Crippen molar-refractivity contribution in [3.05, 3.63) is 53.5 Å². The molecule has 1 aliphatic heterocycles. The van der Waals surface area contributed by atoms with Gasteiger partial charge in [0.05, 0.1) is 0 Å². The minimum atomic E-state index is -2.05. The molecule has 4 heteroatoms.